The molecule has 0 aliphatic carbocycles. The smallest absolute Gasteiger partial charge is 0.253 e. The summed E-state index contributed by atoms with van der Waals surface area (Å²) in [5.74, 6) is 1.24. The van der Waals surface area contributed by atoms with Crippen molar-refractivity contribution in [2.24, 2.45) is 0 Å². The summed E-state index contributed by atoms with van der Waals surface area (Å²) in [5.41, 5.74) is 2.95. The highest BCUT2D eigenvalue weighted by atomic mass is 16.5. The maximum Gasteiger partial charge on any atom is 0.253 e. The van der Waals surface area contributed by atoms with Gasteiger partial charge in [0.15, 0.2) is 0 Å². The molecule has 1 saturated heterocycles. The molecule has 1 amide bonds. The van der Waals surface area contributed by atoms with Crippen LogP contribution >= 0.6 is 0 Å². The molecule has 1 aliphatic heterocycles. The fraction of sp³-hybridized carbons (Fsp3) is 0.391. The normalized spacial score (nSPS) is 15.9. The van der Waals surface area contributed by atoms with Crippen molar-refractivity contribution in [3.05, 3.63) is 65.2 Å². The first-order valence-electron chi connectivity index (χ1n) is 9.70. The fourth-order valence-corrected chi connectivity index (χ4v) is 3.53. The number of nitrogens with zero attached hydrogens (tertiary/aromatic N) is 3. The molecule has 0 spiro atoms. The van der Waals surface area contributed by atoms with Gasteiger partial charge >= 0.3 is 0 Å². The van der Waals surface area contributed by atoms with Crippen molar-refractivity contribution in [3.63, 3.8) is 0 Å². The van der Waals surface area contributed by atoms with Gasteiger partial charge in [0.25, 0.3) is 5.91 Å². The molecule has 5 nitrogen and oxygen atoms in total. The van der Waals surface area contributed by atoms with E-state index in [0.29, 0.717) is 37.7 Å². The number of amides is 1. The number of rotatable bonds is 5. The van der Waals surface area contributed by atoms with Gasteiger partial charge in [0.1, 0.15) is 11.8 Å². The van der Waals surface area contributed by atoms with E-state index in [9.17, 15) is 10.1 Å². The van der Waals surface area contributed by atoms with E-state index in [1.807, 2.05) is 4.90 Å². The van der Waals surface area contributed by atoms with Crippen LogP contribution in [0.15, 0.2) is 48.5 Å². The molecule has 0 saturated carbocycles. The van der Waals surface area contributed by atoms with Crippen molar-refractivity contribution in [2.45, 2.75) is 25.8 Å². The minimum atomic E-state index is -0.278. The van der Waals surface area contributed by atoms with Crippen molar-refractivity contribution in [1.29, 1.82) is 5.26 Å². The molecule has 1 unspecified atom stereocenters. The van der Waals surface area contributed by atoms with E-state index in [0.717, 1.165) is 11.3 Å². The molecule has 2 aromatic rings. The van der Waals surface area contributed by atoms with Crippen LogP contribution in [0, 0.1) is 11.3 Å². The lowest BCUT2D eigenvalue weighted by atomic mass is 9.98. The number of benzene rings is 2. The Kier molecular flexibility index (Phi) is 6.33. The summed E-state index contributed by atoms with van der Waals surface area (Å²) in [6, 6.07) is 17.7. The van der Waals surface area contributed by atoms with E-state index < -0.39 is 0 Å². The zero-order chi connectivity index (χ0) is 20.1. The van der Waals surface area contributed by atoms with Crippen LogP contribution in [0.1, 0.15) is 47.3 Å². The molecule has 1 heterocycles. The molecule has 1 atom stereocenters. The minimum absolute atomic E-state index is 0.0251. The van der Waals surface area contributed by atoms with Crippen LogP contribution in [0.4, 0.5) is 0 Å². The number of ether oxygens (including phenoxy) is 1. The van der Waals surface area contributed by atoms with Crippen LogP contribution in [0.25, 0.3) is 0 Å². The lowest BCUT2D eigenvalue weighted by Gasteiger charge is -2.37. The van der Waals surface area contributed by atoms with Gasteiger partial charge in [0.05, 0.1) is 13.2 Å². The van der Waals surface area contributed by atoms with Gasteiger partial charge in [-0.1, -0.05) is 38.1 Å². The molecule has 3 rings (SSSR count). The number of methoxy groups -OCH3 is 1. The first-order chi connectivity index (χ1) is 13.5. The third-order valence-corrected chi connectivity index (χ3v) is 5.34. The Morgan fingerprint density at radius 3 is 2.04 bits per heavy atom. The molecular formula is C23H27N3O2. The van der Waals surface area contributed by atoms with E-state index in [2.05, 4.69) is 49.1 Å². The van der Waals surface area contributed by atoms with Gasteiger partial charge in [0, 0.05) is 31.7 Å². The first-order valence-corrected chi connectivity index (χ1v) is 9.70. The Morgan fingerprint density at radius 2 is 1.54 bits per heavy atom. The van der Waals surface area contributed by atoms with E-state index in [1.54, 1.807) is 31.4 Å². The van der Waals surface area contributed by atoms with Crippen LogP contribution in [0.3, 0.4) is 0 Å². The third kappa shape index (κ3) is 4.35. The highest BCUT2D eigenvalue weighted by Crippen LogP contribution is 2.24. The Bertz CT molecular complexity index is 830. The molecule has 5 heteroatoms. The quantitative estimate of drug-likeness (QED) is 0.794. The van der Waals surface area contributed by atoms with E-state index in [4.69, 9.17) is 4.74 Å². The van der Waals surface area contributed by atoms with Crippen LogP contribution in [-0.4, -0.2) is 49.0 Å². The Hall–Kier alpha value is -2.84. The SMILES string of the molecule is COc1ccc(C(=O)N2CCN(C(C#N)c3ccc(C(C)C)cc3)CC2)cc1. The highest BCUT2D eigenvalue weighted by Gasteiger charge is 2.27. The lowest BCUT2D eigenvalue weighted by Crippen LogP contribution is -2.49. The largest absolute Gasteiger partial charge is 0.497 e. The predicted octanol–water partition coefficient (Wildman–Crippen LogP) is 3.84. The number of hydrogen-bond donors (Lipinski definition) is 0. The van der Waals surface area contributed by atoms with Gasteiger partial charge in [-0.2, -0.15) is 5.26 Å². The maximum absolute atomic E-state index is 12.7. The van der Waals surface area contributed by atoms with E-state index >= 15 is 0 Å². The average Bonchev–Trinajstić information content (AvgIpc) is 2.75. The maximum atomic E-state index is 12.7. The van der Waals surface area contributed by atoms with Gasteiger partial charge in [0.2, 0.25) is 0 Å². The van der Waals surface area contributed by atoms with E-state index in [-0.39, 0.29) is 11.9 Å². The molecule has 146 valence electrons. The highest BCUT2D eigenvalue weighted by molar-refractivity contribution is 5.94. The molecule has 0 radical (unpaired) electrons. The van der Waals surface area contributed by atoms with Crippen LogP contribution < -0.4 is 4.74 Å². The zero-order valence-corrected chi connectivity index (χ0v) is 16.8. The van der Waals surface area contributed by atoms with Crippen molar-refractivity contribution >= 4 is 5.91 Å². The third-order valence-electron chi connectivity index (χ3n) is 5.34. The fourth-order valence-electron chi connectivity index (χ4n) is 3.53. The van der Waals surface area contributed by atoms with Gasteiger partial charge < -0.3 is 9.64 Å². The molecule has 1 fully saturated rings. The van der Waals surface area contributed by atoms with Gasteiger partial charge in [-0.05, 0) is 41.3 Å². The molecule has 2 aromatic carbocycles. The monoisotopic (exact) mass is 377 g/mol. The molecule has 28 heavy (non-hydrogen) atoms. The zero-order valence-electron chi connectivity index (χ0n) is 16.8. The molecule has 1 aliphatic rings. The standard InChI is InChI=1S/C23H27N3O2/c1-17(2)18-4-6-19(7-5-18)22(16-24)25-12-14-26(15-13-25)23(27)20-8-10-21(28-3)11-9-20/h4-11,17,22H,12-15H2,1-3H3. The van der Waals surface area contributed by atoms with Crippen LogP contribution in [0.5, 0.6) is 5.75 Å². The van der Waals surface area contributed by atoms with Gasteiger partial charge in [-0.3, -0.25) is 9.69 Å². The molecule has 0 aromatic heterocycles. The van der Waals surface area contributed by atoms with Crippen molar-refractivity contribution < 1.29 is 9.53 Å². The minimum Gasteiger partial charge on any atom is -0.497 e. The predicted molar refractivity (Wildman–Crippen MR) is 109 cm³/mol. The molecule has 0 bridgehead atoms. The summed E-state index contributed by atoms with van der Waals surface area (Å²) in [6.07, 6.45) is 0. The number of piperazine rings is 1. The number of carbonyl (C=O) groups excluding carboxylic acids is 1. The number of hydrogen-bond acceptors (Lipinski definition) is 4. The summed E-state index contributed by atoms with van der Waals surface area (Å²) in [4.78, 5) is 16.7. The van der Waals surface area contributed by atoms with Crippen molar-refractivity contribution in [2.75, 3.05) is 33.3 Å². The summed E-state index contributed by atoms with van der Waals surface area (Å²) in [7, 11) is 1.61. The summed E-state index contributed by atoms with van der Waals surface area (Å²) >= 11 is 0. The van der Waals surface area contributed by atoms with Crippen LogP contribution in [-0.2, 0) is 0 Å². The second-order valence-corrected chi connectivity index (χ2v) is 7.41. The van der Waals surface area contributed by atoms with Crippen molar-refractivity contribution in [1.82, 2.24) is 9.80 Å². The summed E-state index contributed by atoms with van der Waals surface area (Å²) < 4.78 is 5.15. The number of nitriles is 1. The van der Waals surface area contributed by atoms with E-state index in [1.165, 1.54) is 5.56 Å². The second kappa shape index (κ2) is 8.90. The molecular weight excluding hydrogens is 350 g/mol. The van der Waals surface area contributed by atoms with Crippen molar-refractivity contribution in [3.8, 4) is 11.8 Å². The van der Waals surface area contributed by atoms with Gasteiger partial charge in [-0.25, -0.2) is 0 Å². The Morgan fingerprint density at radius 1 is 0.964 bits per heavy atom. The Labute approximate surface area is 167 Å². The average molecular weight is 377 g/mol. The first kappa shape index (κ1) is 19.9. The Balaban J connectivity index is 1.63. The molecule has 0 N–H and O–H groups in total. The lowest BCUT2D eigenvalue weighted by molar-refractivity contribution is 0.0606. The summed E-state index contributed by atoms with van der Waals surface area (Å²) in [5, 5.41) is 9.73. The number of carbonyl (C=O) groups is 1. The van der Waals surface area contributed by atoms with Crippen LogP contribution in [0.2, 0.25) is 0 Å². The summed E-state index contributed by atoms with van der Waals surface area (Å²) in [6.45, 7) is 6.93. The topological polar surface area (TPSA) is 56.6 Å². The second-order valence-electron chi connectivity index (χ2n) is 7.41. The van der Waals surface area contributed by atoms with Gasteiger partial charge in [-0.15, -0.1) is 0 Å².